The van der Waals surface area contributed by atoms with Crippen molar-refractivity contribution in [3.63, 3.8) is 0 Å². The second-order valence-electron chi connectivity index (χ2n) is 5.19. The molecule has 6 heteroatoms. The van der Waals surface area contributed by atoms with Crippen LogP contribution in [0.3, 0.4) is 0 Å². The Morgan fingerprint density at radius 3 is 2.23 bits per heavy atom. The molecule has 0 spiro atoms. The summed E-state index contributed by atoms with van der Waals surface area (Å²) in [6.07, 6.45) is 0. The van der Waals surface area contributed by atoms with E-state index in [0.29, 0.717) is 11.5 Å². The van der Waals surface area contributed by atoms with Gasteiger partial charge in [0.1, 0.15) is 11.4 Å². The second-order valence-corrected chi connectivity index (χ2v) is 5.19. The maximum Gasteiger partial charge on any atom is 0.155 e. The van der Waals surface area contributed by atoms with E-state index in [9.17, 15) is 5.11 Å². The van der Waals surface area contributed by atoms with Crippen molar-refractivity contribution in [3.8, 4) is 22.7 Å². The Morgan fingerprint density at radius 1 is 1.00 bits per heavy atom. The molecule has 1 heterocycles. The number of benzene rings is 2. The largest absolute Gasteiger partial charge is 0.508 e. The fourth-order valence-corrected chi connectivity index (χ4v) is 2.20. The van der Waals surface area contributed by atoms with Crippen LogP contribution < -0.4 is 10.6 Å². The van der Waals surface area contributed by atoms with E-state index in [-0.39, 0.29) is 5.75 Å². The molecule has 0 aliphatic rings. The van der Waals surface area contributed by atoms with Gasteiger partial charge in [-0.3, -0.25) is 0 Å². The zero-order valence-electron chi connectivity index (χ0n) is 12.4. The van der Waals surface area contributed by atoms with Gasteiger partial charge in [0.2, 0.25) is 0 Å². The third-order valence-electron chi connectivity index (χ3n) is 3.46. The number of rotatable bonds is 3. The van der Waals surface area contributed by atoms with Crippen molar-refractivity contribution in [2.24, 2.45) is 0 Å². The molecule has 0 saturated heterocycles. The van der Waals surface area contributed by atoms with E-state index in [1.807, 2.05) is 43.3 Å². The monoisotopic (exact) mass is 295 g/mol. The van der Waals surface area contributed by atoms with E-state index in [1.165, 1.54) is 0 Å². The first kappa shape index (κ1) is 13.9. The lowest BCUT2D eigenvalue weighted by Crippen LogP contribution is -2.08. The smallest absolute Gasteiger partial charge is 0.155 e. The van der Waals surface area contributed by atoms with Crippen LogP contribution in [0.25, 0.3) is 16.9 Å². The van der Waals surface area contributed by atoms with Gasteiger partial charge in [-0.1, -0.05) is 17.3 Å². The van der Waals surface area contributed by atoms with E-state index in [0.717, 1.165) is 16.9 Å². The fraction of sp³-hybridized carbons (Fsp3) is 0.125. The molecule has 0 amide bonds. The summed E-state index contributed by atoms with van der Waals surface area (Å²) in [5.74, 6) is 0.658. The zero-order valence-corrected chi connectivity index (χ0v) is 12.4. The van der Waals surface area contributed by atoms with E-state index < -0.39 is 0 Å². The van der Waals surface area contributed by atoms with Crippen molar-refractivity contribution in [3.05, 3.63) is 48.5 Å². The summed E-state index contributed by atoms with van der Waals surface area (Å²) in [6, 6.07) is 14.6. The minimum atomic E-state index is 0.196. The van der Waals surface area contributed by atoms with Crippen molar-refractivity contribution in [1.29, 1.82) is 0 Å². The molecular formula is C16H17N5O. The van der Waals surface area contributed by atoms with Crippen molar-refractivity contribution in [2.45, 2.75) is 0 Å². The van der Waals surface area contributed by atoms with E-state index in [1.54, 1.807) is 28.9 Å². The quantitative estimate of drug-likeness (QED) is 0.775. The Morgan fingerprint density at radius 2 is 1.64 bits per heavy atom. The minimum absolute atomic E-state index is 0.196. The number of hydrogen-bond acceptors (Lipinski definition) is 5. The number of aromatic nitrogens is 3. The Labute approximate surface area is 128 Å². The first-order chi connectivity index (χ1) is 10.6. The average molecular weight is 295 g/mol. The minimum Gasteiger partial charge on any atom is -0.508 e. The summed E-state index contributed by atoms with van der Waals surface area (Å²) in [4.78, 5) is 2.03. The predicted molar refractivity (Wildman–Crippen MR) is 87.2 cm³/mol. The van der Waals surface area contributed by atoms with Crippen molar-refractivity contribution < 1.29 is 5.11 Å². The van der Waals surface area contributed by atoms with Gasteiger partial charge in [-0.05, 0) is 36.4 Å². The summed E-state index contributed by atoms with van der Waals surface area (Å²) in [5, 5.41) is 17.6. The highest BCUT2D eigenvalue weighted by atomic mass is 16.3. The van der Waals surface area contributed by atoms with Gasteiger partial charge in [-0.2, -0.15) is 4.68 Å². The molecule has 3 N–H and O–H groups in total. The van der Waals surface area contributed by atoms with Gasteiger partial charge in [0.25, 0.3) is 0 Å². The molecular weight excluding hydrogens is 278 g/mol. The Bertz CT molecular complexity index is 775. The van der Waals surface area contributed by atoms with Gasteiger partial charge in [0, 0.05) is 25.3 Å². The lowest BCUT2D eigenvalue weighted by molar-refractivity contribution is 0.475. The number of phenolic OH excluding ortho intramolecular Hbond substituents is 1. The number of anilines is 2. The number of nitrogens with zero attached hydrogens (tertiary/aromatic N) is 4. The third kappa shape index (κ3) is 2.46. The number of nitrogens with two attached hydrogens (primary N) is 1. The SMILES string of the molecule is CN(C)c1ccc(-c2nnn(-c3ccc(O)cc3)c2N)cc1. The maximum atomic E-state index is 9.35. The summed E-state index contributed by atoms with van der Waals surface area (Å²) < 4.78 is 1.55. The van der Waals surface area contributed by atoms with Crippen LogP contribution in [0.4, 0.5) is 11.5 Å². The molecule has 3 rings (SSSR count). The lowest BCUT2D eigenvalue weighted by atomic mass is 10.1. The zero-order chi connectivity index (χ0) is 15.7. The van der Waals surface area contributed by atoms with Gasteiger partial charge < -0.3 is 15.7 Å². The molecule has 0 atom stereocenters. The van der Waals surface area contributed by atoms with E-state index in [4.69, 9.17) is 5.73 Å². The summed E-state index contributed by atoms with van der Waals surface area (Å²) >= 11 is 0. The van der Waals surface area contributed by atoms with Crippen LogP contribution in [-0.4, -0.2) is 34.2 Å². The van der Waals surface area contributed by atoms with Crippen LogP contribution in [0.5, 0.6) is 5.75 Å². The highest BCUT2D eigenvalue weighted by molar-refractivity contribution is 5.72. The van der Waals surface area contributed by atoms with Gasteiger partial charge in [-0.15, -0.1) is 5.10 Å². The molecule has 0 fully saturated rings. The molecule has 112 valence electrons. The molecule has 0 aliphatic carbocycles. The molecule has 0 aliphatic heterocycles. The van der Waals surface area contributed by atoms with Crippen LogP contribution in [0.2, 0.25) is 0 Å². The van der Waals surface area contributed by atoms with Crippen LogP contribution in [-0.2, 0) is 0 Å². The number of aromatic hydroxyl groups is 1. The molecule has 1 aromatic heterocycles. The summed E-state index contributed by atoms with van der Waals surface area (Å²) in [5.41, 5.74) is 9.57. The van der Waals surface area contributed by atoms with Gasteiger partial charge in [0.05, 0.1) is 5.69 Å². The molecule has 22 heavy (non-hydrogen) atoms. The van der Waals surface area contributed by atoms with E-state index in [2.05, 4.69) is 10.3 Å². The summed E-state index contributed by atoms with van der Waals surface area (Å²) in [7, 11) is 3.98. The van der Waals surface area contributed by atoms with E-state index >= 15 is 0 Å². The number of phenols is 1. The normalized spacial score (nSPS) is 10.6. The first-order valence-electron chi connectivity index (χ1n) is 6.84. The standard InChI is InChI=1S/C16H17N5O/c1-20(2)12-5-3-11(4-6-12)15-16(17)21(19-18-15)13-7-9-14(22)10-8-13/h3-10,22H,17H2,1-2H3. The average Bonchev–Trinajstić information content (AvgIpc) is 2.90. The fourth-order valence-electron chi connectivity index (χ4n) is 2.20. The number of hydrogen-bond donors (Lipinski definition) is 2. The Balaban J connectivity index is 1.98. The molecule has 6 nitrogen and oxygen atoms in total. The summed E-state index contributed by atoms with van der Waals surface area (Å²) in [6.45, 7) is 0. The van der Waals surface area contributed by atoms with Gasteiger partial charge in [-0.25, -0.2) is 0 Å². The second kappa shape index (κ2) is 5.40. The molecule has 0 unspecified atom stereocenters. The lowest BCUT2D eigenvalue weighted by Gasteiger charge is -2.12. The highest BCUT2D eigenvalue weighted by Gasteiger charge is 2.13. The predicted octanol–water partition coefficient (Wildman–Crippen LogP) is 2.29. The Hall–Kier alpha value is -3.02. The van der Waals surface area contributed by atoms with Crippen LogP contribution in [0.15, 0.2) is 48.5 Å². The van der Waals surface area contributed by atoms with Crippen LogP contribution in [0.1, 0.15) is 0 Å². The molecule has 3 aromatic rings. The molecule has 2 aromatic carbocycles. The first-order valence-corrected chi connectivity index (χ1v) is 6.84. The van der Waals surface area contributed by atoms with Crippen molar-refractivity contribution >= 4 is 11.5 Å². The third-order valence-corrected chi connectivity index (χ3v) is 3.46. The molecule has 0 saturated carbocycles. The van der Waals surface area contributed by atoms with Gasteiger partial charge in [0.15, 0.2) is 5.82 Å². The van der Waals surface area contributed by atoms with Crippen molar-refractivity contribution in [2.75, 3.05) is 24.7 Å². The van der Waals surface area contributed by atoms with Gasteiger partial charge >= 0.3 is 0 Å². The number of nitrogen functional groups attached to an aromatic ring is 1. The van der Waals surface area contributed by atoms with Crippen molar-refractivity contribution in [1.82, 2.24) is 15.0 Å². The van der Waals surface area contributed by atoms with Crippen LogP contribution >= 0.6 is 0 Å². The highest BCUT2D eigenvalue weighted by Crippen LogP contribution is 2.27. The Kier molecular flexibility index (Phi) is 3.42. The molecule has 0 radical (unpaired) electrons. The topological polar surface area (TPSA) is 80.2 Å². The maximum absolute atomic E-state index is 9.35. The van der Waals surface area contributed by atoms with Crippen LogP contribution in [0, 0.1) is 0 Å². The molecule has 0 bridgehead atoms.